The maximum Gasteiger partial charge on any atom is 0.417 e. The fraction of sp³-hybridized carbons (Fsp3) is 0.292. The average Bonchev–Trinajstić information content (AvgIpc) is 2.83. The van der Waals surface area contributed by atoms with Crippen LogP contribution in [0.5, 0.6) is 11.5 Å². The molecule has 0 N–H and O–H groups in total. The zero-order chi connectivity index (χ0) is 24.5. The molecule has 0 spiro atoms. The first-order valence-corrected chi connectivity index (χ1v) is 12.0. The summed E-state index contributed by atoms with van der Waals surface area (Å²) in [5.41, 5.74) is -1.20. The van der Waals surface area contributed by atoms with Crippen LogP contribution in [0.3, 0.4) is 0 Å². The molecule has 0 bridgehead atoms. The number of halogens is 3. The fourth-order valence-corrected chi connectivity index (χ4v) is 5.67. The summed E-state index contributed by atoms with van der Waals surface area (Å²) in [7, 11) is -2.81. The van der Waals surface area contributed by atoms with E-state index in [0.29, 0.717) is 11.5 Å². The molecule has 10 heteroatoms. The van der Waals surface area contributed by atoms with Gasteiger partial charge in [0.2, 0.25) is 10.0 Å². The van der Waals surface area contributed by atoms with Crippen LogP contribution in [-0.4, -0.2) is 38.9 Å². The Hall–Kier alpha value is -3.11. The monoisotopic (exact) mass is 493 g/mol. The number of esters is 1. The Balaban J connectivity index is 1.44. The Morgan fingerprint density at radius 1 is 0.941 bits per heavy atom. The second-order valence-electron chi connectivity index (χ2n) is 7.97. The molecule has 1 heterocycles. The average molecular weight is 494 g/mol. The van der Waals surface area contributed by atoms with Crippen molar-refractivity contribution in [1.29, 1.82) is 0 Å². The summed E-state index contributed by atoms with van der Waals surface area (Å²) in [6.07, 6.45) is -4.50. The number of benzene rings is 3. The number of carbonyl (C=O) groups is 1. The molecule has 3 aromatic carbocycles. The lowest BCUT2D eigenvalue weighted by molar-refractivity contribution is -0.140. The summed E-state index contributed by atoms with van der Waals surface area (Å²) in [5, 5.41) is 1.77. The topological polar surface area (TPSA) is 72.9 Å². The summed E-state index contributed by atoms with van der Waals surface area (Å²) in [6, 6.07) is 14.8. The molecular weight excluding hydrogens is 471 g/mol. The summed E-state index contributed by atoms with van der Waals surface area (Å²) in [6.45, 7) is -0.160. The number of fused-ring (bicyclic) bond motifs is 1. The maximum absolute atomic E-state index is 13.3. The number of methoxy groups -OCH3 is 1. The highest BCUT2D eigenvalue weighted by atomic mass is 32.2. The van der Waals surface area contributed by atoms with Crippen molar-refractivity contribution in [2.75, 3.05) is 20.2 Å². The predicted octanol–water partition coefficient (Wildman–Crippen LogP) is 4.87. The lowest BCUT2D eigenvalue weighted by atomic mass is 9.98. The van der Waals surface area contributed by atoms with Gasteiger partial charge < -0.3 is 9.47 Å². The number of carbonyl (C=O) groups excluding carboxylic acids is 1. The first kappa shape index (κ1) is 24.0. The standard InChI is InChI=1S/C24H22F3NO5S/c1-32-19-8-6-16-7-9-20(15-18(16)14-19)33-23(29)17-10-12-28(13-11-17)34(30,31)22-5-3-2-4-21(22)24(25,26)27/h2-9,14-15,17H,10-13H2,1H3. The molecule has 0 atom stereocenters. The Kier molecular flexibility index (Phi) is 6.55. The Morgan fingerprint density at radius 3 is 2.21 bits per heavy atom. The van der Waals surface area contributed by atoms with Crippen molar-refractivity contribution in [3.05, 3.63) is 66.2 Å². The van der Waals surface area contributed by atoms with Gasteiger partial charge in [-0.25, -0.2) is 8.42 Å². The van der Waals surface area contributed by atoms with Crippen molar-refractivity contribution in [2.45, 2.75) is 23.9 Å². The van der Waals surface area contributed by atoms with Crippen LogP contribution in [0.25, 0.3) is 10.8 Å². The minimum absolute atomic E-state index is 0.0801. The first-order valence-electron chi connectivity index (χ1n) is 10.6. The van der Waals surface area contributed by atoms with Crippen molar-refractivity contribution in [2.24, 2.45) is 5.92 Å². The Bertz CT molecular complexity index is 1320. The van der Waals surface area contributed by atoms with Crippen LogP contribution in [0.15, 0.2) is 65.6 Å². The van der Waals surface area contributed by atoms with Gasteiger partial charge in [0.25, 0.3) is 0 Å². The summed E-state index contributed by atoms with van der Waals surface area (Å²) < 4.78 is 77.4. The Morgan fingerprint density at radius 2 is 1.56 bits per heavy atom. The fourth-order valence-electron chi connectivity index (χ4n) is 3.99. The van der Waals surface area contributed by atoms with E-state index in [0.717, 1.165) is 33.3 Å². The second kappa shape index (κ2) is 9.27. The molecule has 1 fully saturated rings. The van der Waals surface area contributed by atoms with Crippen LogP contribution >= 0.6 is 0 Å². The van der Waals surface area contributed by atoms with Gasteiger partial charge in [0, 0.05) is 13.1 Å². The van der Waals surface area contributed by atoms with Crippen LogP contribution in [0.1, 0.15) is 18.4 Å². The lowest BCUT2D eigenvalue weighted by Crippen LogP contribution is -2.41. The molecule has 0 amide bonds. The van der Waals surface area contributed by atoms with Crippen molar-refractivity contribution in [1.82, 2.24) is 4.31 Å². The van der Waals surface area contributed by atoms with E-state index >= 15 is 0 Å². The number of piperidine rings is 1. The van der Waals surface area contributed by atoms with Crippen molar-refractivity contribution in [3.8, 4) is 11.5 Å². The van der Waals surface area contributed by atoms with Gasteiger partial charge in [-0.05, 0) is 60.0 Å². The van der Waals surface area contributed by atoms with Crippen LogP contribution < -0.4 is 9.47 Å². The summed E-state index contributed by atoms with van der Waals surface area (Å²) in [5.74, 6) is -0.0585. The summed E-state index contributed by atoms with van der Waals surface area (Å²) in [4.78, 5) is 11.9. The van der Waals surface area contributed by atoms with Gasteiger partial charge in [-0.15, -0.1) is 0 Å². The predicted molar refractivity (Wildman–Crippen MR) is 119 cm³/mol. The number of rotatable bonds is 5. The van der Waals surface area contributed by atoms with Gasteiger partial charge in [0.15, 0.2) is 0 Å². The molecule has 4 rings (SSSR count). The number of hydrogen-bond acceptors (Lipinski definition) is 5. The van der Waals surface area contributed by atoms with Crippen molar-refractivity contribution < 1.29 is 35.9 Å². The Labute approximate surface area is 194 Å². The number of hydrogen-bond donors (Lipinski definition) is 0. The molecule has 0 aromatic heterocycles. The van der Waals surface area contributed by atoms with Crippen LogP contribution in [-0.2, 0) is 21.0 Å². The van der Waals surface area contributed by atoms with Crippen molar-refractivity contribution >= 4 is 26.8 Å². The van der Waals surface area contributed by atoms with Crippen LogP contribution in [0.2, 0.25) is 0 Å². The van der Waals surface area contributed by atoms with E-state index in [1.54, 1.807) is 19.2 Å². The van der Waals surface area contributed by atoms with Crippen molar-refractivity contribution in [3.63, 3.8) is 0 Å². The van der Waals surface area contributed by atoms with E-state index in [-0.39, 0.29) is 25.9 Å². The van der Waals surface area contributed by atoms with Gasteiger partial charge in [-0.3, -0.25) is 4.79 Å². The zero-order valence-electron chi connectivity index (χ0n) is 18.2. The molecule has 1 aliphatic heterocycles. The molecule has 1 saturated heterocycles. The highest BCUT2D eigenvalue weighted by molar-refractivity contribution is 7.89. The largest absolute Gasteiger partial charge is 0.497 e. The van der Waals surface area contributed by atoms with E-state index in [4.69, 9.17) is 9.47 Å². The summed E-state index contributed by atoms with van der Waals surface area (Å²) >= 11 is 0. The molecular formula is C24H22F3NO5S. The van der Waals surface area contributed by atoms with Crippen LogP contribution in [0.4, 0.5) is 13.2 Å². The molecule has 0 unspecified atom stereocenters. The van der Waals surface area contributed by atoms with E-state index in [9.17, 15) is 26.4 Å². The number of ether oxygens (including phenoxy) is 2. The van der Waals surface area contributed by atoms with Gasteiger partial charge in [0.1, 0.15) is 11.5 Å². The third-order valence-corrected chi connectivity index (χ3v) is 7.79. The highest BCUT2D eigenvalue weighted by Crippen LogP contribution is 2.36. The van der Waals surface area contributed by atoms with Gasteiger partial charge in [-0.1, -0.05) is 24.3 Å². The zero-order valence-corrected chi connectivity index (χ0v) is 19.0. The SMILES string of the molecule is COc1ccc2ccc(OC(=O)C3CCN(S(=O)(=O)c4ccccc4C(F)(F)F)CC3)cc2c1. The number of alkyl halides is 3. The molecule has 180 valence electrons. The minimum Gasteiger partial charge on any atom is -0.497 e. The van der Waals surface area contributed by atoms with Gasteiger partial charge in [0.05, 0.1) is 23.5 Å². The van der Waals surface area contributed by atoms with E-state index in [1.165, 1.54) is 6.07 Å². The highest BCUT2D eigenvalue weighted by Gasteiger charge is 2.40. The normalized spacial score (nSPS) is 15.9. The first-order chi connectivity index (χ1) is 16.1. The van der Waals surface area contributed by atoms with Gasteiger partial charge in [-0.2, -0.15) is 17.5 Å². The quantitative estimate of drug-likeness (QED) is 0.375. The van der Waals surface area contributed by atoms with E-state index in [1.807, 2.05) is 24.3 Å². The second-order valence-corrected chi connectivity index (χ2v) is 9.87. The van der Waals surface area contributed by atoms with Crippen LogP contribution in [0, 0.1) is 5.92 Å². The minimum atomic E-state index is -4.80. The molecule has 0 saturated carbocycles. The molecule has 1 aliphatic rings. The smallest absolute Gasteiger partial charge is 0.417 e. The number of nitrogens with zero attached hydrogens (tertiary/aromatic N) is 1. The number of sulfonamides is 1. The molecule has 0 radical (unpaired) electrons. The third-order valence-electron chi connectivity index (χ3n) is 5.83. The molecule has 0 aliphatic carbocycles. The van der Waals surface area contributed by atoms with E-state index < -0.39 is 38.5 Å². The third kappa shape index (κ3) is 4.88. The van der Waals surface area contributed by atoms with Gasteiger partial charge >= 0.3 is 12.1 Å². The lowest BCUT2D eigenvalue weighted by Gasteiger charge is -2.30. The maximum atomic E-state index is 13.3. The van der Waals surface area contributed by atoms with E-state index in [2.05, 4.69) is 0 Å². The molecule has 34 heavy (non-hydrogen) atoms. The molecule has 3 aromatic rings. The molecule has 6 nitrogen and oxygen atoms in total.